The van der Waals surface area contributed by atoms with E-state index in [1.54, 1.807) is 25.3 Å². The van der Waals surface area contributed by atoms with Crippen molar-refractivity contribution in [2.75, 3.05) is 5.32 Å². The van der Waals surface area contributed by atoms with Crippen molar-refractivity contribution in [3.63, 3.8) is 0 Å². The van der Waals surface area contributed by atoms with E-state index in [0.717, 1.165) is 53.4 Å². The van der Waals surface area contributed by atoms with E-state index in [0.29, 0.717) is 5.56 Å². The van der Waals surface area contributed by atoms with Crippen molar-refractivity contribution in [3.05, 3.63) is 52.1 Å². The highest BCUT2D eigenvalue weighted by Gasteiger charge is 2.22. The third kappa shape index (κ3) is 4.90. The number of aromatic nitrogens is 1. The van der Waals surface area contributed by atoms with Gasteiger partial charge in [-0.15, -0.1) is 12.4 Å². The smallest absolute Gasteiger partial charge is 0.163 e. The lowest BCUT2D eigenvalue weighted by Gasteiger charge is -2.28. The summed E-state index contributed by atoms with van der Waals surface area (Å²) in [4.78, 5) is 16.8. The Morgan fingerprint density at radius 2 is 1.74 bits per heavy atom. The van der Waals surface area contributed by atoms with Gasteiger partial charge in [0, 0.05) is 23.7 Å². The number of ketones is 1. The van der Waals surface area contributed by atoms with E-state index in [-0.39, 0.29) is 46.1 Å². The average Bonchev–Trinajstić information content (AvgIpc) is 2.73. The summed E-state index contributed by atoms with van der Waals surface area (Å²) < 4.78 is 0. The number of phenolic OH excluding ortho intramolecular Hbond substituents is 1. The molecule has 0 unspecified atom stereocenters. The van der Waals surface area contributed by atoms with E-state index in [4.69, 9.17) is 28.9 Å². The van der Waals surface area contributed by atoms with Crippen LogP contribution in [0.2, 0.25) is 10.0 Å². The first-order valence-corrected chi connectivity index (χ1v) is 10.7. The summed E-state index contributed by atoms with van der Waals surface area (Å²) in [5.41, 5.74) is 9.83. The Labute approximate surface area is 197 Å². The molecule has 1 aromatic heterocycles. The highest BCUT2D eigenvalue weighted by atomic mass is 35.5. The predicted molar refractivity (Wildman–Crippen MR) is 130 cm³/mol. The molecule has 1 aliphatic rings. The third-order valence-corrected chi connectivity index (χ3v) is 6.29. The molecule has 2 aromatic carbocycles. The first-order chi connectivity index (χ1) is 14.3. The number of carbonyl (C=O) groups is 1. The largest absolute Gasteiger partial charge is 0.505 e. The van der Waals surface area contributed by atoms with Crippen molar-refractivity contribution in [2.45, 2.75) is 44.7 Å². The maximum Gasteiger partial charge on any atom is 0.163 e. The van der Waals surface area contributed by atoms with Gasteiger partial charge in [-0.25, -0.2) is 0 Å². The lowest BCUT2D eigenvalue weighted by molar-refractivity contribution is 0.101. The van der Waals surface area contributed by atoms with Gasteiger partial charge < -0.3 is 16.2 Å². The molecule has 8 heteroatoms. The molecule has 1 heterocycles. The number of nitrogens with one attached hydrogen (secondary N) is 1. The molecule has 164 valence electrons. The maximum atomic E-state index is 12.3. The number of Topliss-reactive ketones (excluding diaryl/α,β-unsaturated/α-hetero) is 1. The van der Waals surface area contributed by atoms with Crippen LogP contribution in [0.15, 0.2) is 36.5 Å². The van der Waals surface area contributed by atoms with Crippen LogP contribution in [0.3, 0.4) is 0 Å². The molecule has 1 aliphatic carbocycles. The summed E-state index contributed by atoms with van der Waals surface area (Å²) in [7, 11) is 0. The van der Waals surface area contributed by atoms with Gasteiger partial charge in [0.05, 0.1) is 26.8 Å². The van der Waals surface area contributed by atoms with Crippen molar-refractivity contribution in [2.24, 2.45) is 5.73 Å². The van der Waals surface area contributed by atoms with Crippen LogP contribution < -0.4 is 11.1 Å². The van der Waals surface area contributed by atoms with E-state index >= 15 is 0 Å². The Bertz CT molecular complexity index is 1110. The number of anilines is 1. The second kappa shape index (κ2) is 9.61. The normalized spacial score (nSPS) is 18.5. The van der Waals surface area contributed by atoms with Gasteiger partial charge in [-0.1, -0.05) is 29.3 Å². The number of hydrogen-bond acceptors (Lipinski definition) is 5. The number of phenols is 1. The number of halogens is 3. The Morgan fingerprint density at radius 1 is 1.10 bits per heavy atom. The first kappa shape index (κ1) is 23.6. The minimum Gasteiger partial charge on any atom is -0.505 e. The van der Waals surface area contributed by atoms with Gasteiger partial charge in [0.2, 0.25) is 0 Å². The van der Waals surface area contributed by atoms with E-state index < -0.39 is 0 Å². The molecule has 5 nitrogen and oxygen atoms in total. The van der Waals surface area contributed by atoms with Crippen molar-refractivity contribution in [1.29, 1.82) is 0 Å². The monoisotopic (exact) mass is 479 g/mol. The molecule has 0 radical (unpaired) electrons. The summed E-state index contributed by atoms with van der Waals surface area (Å²) in [6, 6.07) is 9.65. The zero-order valence-electron chi connectivity index (χ0n) is 17.0. The minimum atomic E-state index is -0.138. The minimum absolute atomic E-state index is 0. The lowest BCUT2D eigenvalue weighted by atomic mass is 9.91. The van der Waals surface area contributed by atoms with Crippen molar-refractivity contribution < 1.29 is 9.90 Å². The summed E-state index contributed by atoms with van der Waals surface area (Å²) >= 11 is 12.2. The summed E-state index contributed by atoms with van der Waals surface area (Å²) in [5.74, 6) is -0.179. The Morgan fingerprint density at radius 3 is 2.35 bits per heavy atom. The molecule has 0 amide bonds. The van der Waals surface area contributed by atoms with Gasteiger partial charge in [0.15, 0.2) is 11.5 Å². The van der Waals surface area contributed by atoms with E-state index in [1.165, 1.54) is 0 Å². The van der Waals surface area contributed by atoms with Crippen LogP contribution in [0.5, 0.6) is 5.75 Å². The molecule has 31 heavy (non-hydrogen) atoms. The maximum absolute atomic E-state index is 12.3. The van der Waals surface area contributed by atoms with Gasteiger partial charge in [0.25, 0.3) is 0 Å². The fourth-order valence-electron chi connectivity index (χ4n) is 3.99. The quantitative estimate of drug-likeness (QED) is 0.386. The van der Waals surface area contributed by atoms with Crippen molar-refractivity contribution in [3.8, 4) is 16.9 Å². The molecule has 4 rings (SSSR count). The number of hydrogen-bond donors (Lipinski definition) is 3. The molecule has 0 aliphatic heterocycles. The zero-order chi connectivity index (χ0) is 21.4. The number of pyridine rings is 1. The molecule has 0 bridgehead atoms. The summed E-state index contributed by atoms with van der Waals surface area (Å²) in [5, 5.41) is 14.7. The van der Waals surface area contributed by atoms with Crippen LogP contribution in [-0.2, 0) is 0 Å². The number of nitrogens with zero attached hydrogens (tertiary/aromatic N) is 1. The molecule has 1 saturated carbocycles. The first-order valence-electron chi connectivity index (χ1n) is 9.97. The van der Waals surface area contributed by atoms with Gasteiger partial charge in [-0.3, -0.25) is 9.78 Å². The fourth-order valence-corrected chi connectivity index (χ4v) is 4.48. The number of benzene rings is 2. The summed E-state index contributed by atoms with van der Waals surface area (Å²) in [6.45, 7) is 1.55. The van der Waals surface area contributed by atoms with Gasteiger partial charge >= 0.3 is 0 Å². The molecule has 0 saturated heterocycles. The molecular weight excluding hydrogens is 457 g/mol. The van der Waals surface area contributed by atoms with Crippen molar-refractivity contribution >= 4 is 58.0 Å². The molecule has 3 aromatic rings. The Kier molecular flexibility index (Phi) is 7.32. The lowest BCUT2D eigenvalue weighted by Crippen LogP contribution is -2.33. The second-order valence-corrected chi connectivity index (χ2v) is 8.69. The SMILES string of the molecule is CC(=O)c1cnc2ccc(-c3cc(Cl)c(O)c(Cl)c3)cc2c1N[C@H]1CC[C@H](N)CC1.Cl. The molecule has 0 spiro atoms. The van der Waals surface area contributed by atoms with Crippen LogP contribution in [-0.4, -0.2) is 28.0 Å². The highest BCUT2D eigenvalue weighted by Crippen LogP contribution is 2.38. The fraction of sp³-hybridized carbons (Fsp3) is 0.304. The van der Waals surface area contributed by atoms with E-state index in [9.17, 15) is 9.90 Å². The number of fused-ring (bicyclic) bond motifs is 1. The topological polar surface area (TPSA) is 88.2 Å². The Hall–Kier alpha value is -2.05. The predicted octanol–water partition coefficient (Wildman–Crippen LogP) is 6.22. The number of aromatic hydroxyl groups is 1. The highest BCUT2D eigenvalue weighted by molar-refractivity contribution is 6.37. The number of nitrogens with two attached hydrogens (primary N) is 1. The number of carbonyl (C=O) groups excluding carboxylic acids is 1. The standard InChI is InChI=1S/C23H23Cl2N3O2.ClH/c1-12(29)18-11-27-21-7-2-13(14-9-19(24)23(30)20(25)10-14)8-17(21)22(18)28-16-5-3-15(26)4-6-16;/h2,7-11,15-16,30H,3-6,26H2,1H3,(H,27,28);1H/t15-,16-;. The van der Waals surface area contributed by atoms with Crippen LogP contribution in [0.4, 0.5) is 5.69 Å². The van der Waals surface area contributed by atoms with Crippen molar-refractivity contribution in [1.82, 2.24) is 4.98 Å². The van der Waals surface area contributed by atoms with Crippen LogP contribution in [0, 0.1) is 0 Å². The average molecular weight is 481 g/mol. The van der Waals surface area contributed by atoms with E-state index in [2.05, 4.69) is 10.3 Å². The Balaban J connectivity index is 0.00000272. The summed E-state index contributed by atoms with van der Waals surface area (Å²) in [6.07, 6.45) is 5.49. The third-order valence-electron chi connectivity index (χ3n) is 5.72. The van der Waals surface area contributed by atoms with Gasteiger partial charge in [-0.05, 0) is 68.0 Å². The van der Waals surface area contributed by atoms with Gasteiger partial charge in [0.1, 0.15) is 0 Å². The number of rotatable bonds is 4. The molecular formula is C23H24Cl3N3O2. The second-order valence-electron chi connectivity index (χ2n) is 7.88. The van der Waals surface area contributed by atoms with E-state index in [1.807, 2.05) is 18.2 Å². The zero-order valence-corrected chi connectivity index (χ0v) is 19.3. The molecule has 4 N–H and O–H groups in total. The van der Waals surface area contributed by atoms with Crippen LogP contribution in [0.25, 0.3) is 22.0 Å². The molecule has 0 atom stereocenters. The van der Waals surface area contributed by atoms with Crippen LogP contribution >= 0.6 is 35.6 Å². The van der Waals surface area contributed by atoms with Crippen LogP contribution in [0.1, 0.15) is 43.0 Å². The van der Waals surface area contributed by atoms with Gasteiger partial charge in [-0.2, -0.15) is 0 Å². The molecule has 1 fully saturated rings.